The Bertz CT molecular complexity index is 914. The summed E-state index contributed by atoms with van der Waals surface area (Å²) in [5, 5.41) is 1.18. The third kappa shape index (κ3) is 9.02. The van der Waals surface area contributed by atoms with Gasteiger partial charge in [-0.25, -0.2) is 0 Å². The summed E-state index contributed by atoms with van der Waals surface area (Å²) in [7, 11) is -0.178. The average molecular weight is 569 g/mol. The minimum absolute atomic E-state index is 0.0717. The van der Waals surface area contributed by atoms with E-state index in [0.717, 1.165) is 76.8 Å². The summed E-state index contributed by atoms with van der Waals surface area (Å²) in [4.78, 5) is 17.8. The molecule has 1 aromatic rings. The zero-order valence-electron chi connectivity index (χ0n) is 24.4. The number of unbranched alkanes of at least 4 members (excludes halogenated alkanes) is 1. The van der Waals surface area contributed by atoms with Crippen LogP contribution in [0.4, 0.5) is 5.69 Å². The smallest absolute Gasteiger partial charge is 0.457 e. The summed E-state index contributed by atoms with van der Waals surface area (Å²) in [5.74, 6) is -0.150. The Morgan fingerprint density at radius 2 is 1.58 bits per heavy atom. The van der Waals surface area contributed by atoms with Crippen LogP contribution in [0.25, 0.3) is 0 Å². The molecule has 2 aliphatic heterocycles. The fourth-order valence-corrected chi connectivity index (χ4v) is 5.31. The first-order valence-electron chi connectivity index (χ1n) is 14.2. The fraction of sp³-hybridized carbons (Fsp3) is 0.759. The van der Waals surface area contributed by atoms with Crippen molar-refractivity contribution in [3.8, 4) is 0 Å². The molecule has 0 aromatic heterocycles. The molecule has 9 heteroatoms. The molecule has 38 heavy (non-hydrogen) atoms. The van der Waals surface area contributed by atoms with Gasteiger partial charge in [0.05, 0.1) is 27.2 Å². The summed E-state index contributed by atoms with van der Waals surface area (Å²) >= 11 is 12.3. The van der Waals surface area contributed by atoms with Crippen LogP contribution in [0.3, 0.4) is 0 Å². The Balaban J connectivity index is 1.43. The Kier molecular flexibility index (Phi) is 10.9. The molecule has 1 aromatic carbocycles. The summed E-state index contributed by atoms with van der Waals surface area (Å²) < 4.78 is 18.0. The van der Waals surface area contributed by atoms with Crippen LogP contribution in [0, 0.1) is 5.92 Å². The van der Waals surface area contributed by atoms with E-state index >= 15 is 0 Å². The van der Waals surface area contributed by atoms with Crippen LogP contribution in [0.1, 0.15) is 80.6 Å². The van der Waals surface area contributed by atoms with Crippen LogP contribution in [-0.4, -0.2) is 67.5 Å². The summed E-state index contributed by atoms with van der Waals surface area (Å²) in [5.41, 5.74) is 0.0390. The highest BCUT2D eigenvalue weighted by Gasteiger charge is 2.50. The molecule has 0 aliphatic carbocycles. The van der Waals surface area contributed by atoms with Crippen molar-refractivity contribution in [3.63, 3.8) is 0 Å². The first kappa shape index (κ1) is 31.5. The van der Waals surface area contributed by atoms with Gasteiger partial charge in [0.2, 0.25) is 0 Å². The van der Waals surface area contributed by atoms with Crippen LogP contribution in [0.2, 0.25) is 16.4 Å². The van der Waals surface area contributed by atoms with Gasteiger partial charge in [-0.2, -0.15) is 0 Å². The number of halogens is 2. The number of esters is 1. The van der Waals surface area contributed by atoms with Crippen molar-refractivity contribution < 1.29 is 18.8 Å². The number of benzene rings is 1. The van der Waals surface area contributed by atoms with Gasteiger partial charge in [-0.05, 0) is 98.8 Å². The molecular formula is C29H47BCl2N2O4. The lowest BCUT2D eigenvalue weighted by Crippen LogP contribution is -2.46. The Labute approximate surface area is 240 Å². The van der Waals surface area contributed by atoms with Gasteiger partial charge in [0.15, 0.2) is 0 Å². The first-order valence-corrected chi connectivity index (χ1v) is 14.9. The van der Waals surface area contributed by atoms with Gasteiger partial charge in [0, 0.05) is 31.9 Å². The molecule has 0 N–H and O–H groups in total. The molecule has 214 valence electrons. The largest absolute Gasteiger partial charge is 0.460 e. The first-order chi connectivity index (χ1) is 17.7. The van der Waals surface area contributed by atoms with E-state index in [0.29, 0.717) is 10.0 Å². The molecule has 1 unspecified atom stereocenters. The molecule has 1 atom stereocenters. The van der Waals surface area contributed by atoms with Gasteiger partial charge in [-0.3, -0.25) is 9.69 Å². The number of anilines is 1. The summed E-state index contributed by atoms with van der Waals surface area (Å²) in [6.07, 6.45) is 5.42. The molecule has 2 aliphatic rings. The maximum Gasteiger partial charge on any atom is 0.457 e. The highest BCUT2D eigenvalue weighted by Crippen LogP contribution is 2.38. The lowest BCUT2D eigenvalue weighted by Gasteiger charge is -2.36. The van der Waals surface area contributed by atoms with E-state index in [9.17, 15) is 4.79 Å². The zero-order valence-corrected chi connectivity index (χ0v) is 26.0. The van der Waals surface area contributed by atoms with Crippen LogP contribution in [0.15, 0.2) is 18.2 Å². The van der Waals surface area contributed by atoms with Crippen molar-refractivity contribution in [2.24, 2.45) is 5.92 Å². The lowest BCUT2D eigenvalue weighted by molar-refractivity contribution is -0.160. The molecular weight excluding hydrogens is 522 g/mol. The zero-order chi connectivity index (χ0) is 28.1. The van der Waals surface area contributed by atoms with E-state index in [4.69, 9.17) is 37.2 Å². The number of ether oxygens (including phenoxy) is 1. The predicted molar refractivity (Wildman–Crippen MR) is 158 cm³/mol. The molecule has 0 saturated carbocycles. The summed E-state index contributed by atoms with van der Waals surface area (Å²) in [6, 6.07) is 5.83. The van der Waals surface area contributed by atoms with Crippen molar-refractivity contribution in [3.05, 3.63) is 28.2 Å². The number of rotatable bonds is 11. The molecule has 2 heterocycles. The maximum absolute atomic E-state index is 13.0. The maximum atomic E-state index is 13.0. The number of piperazine rings is 1. The van der Waals surface area contributed by atoms with Crippen molar-refractivity contribution in [2.75, 3.05) is 37.6 Å². The van der Waals surface area contributed by atoms with Gasteiger partial charge in [-0.1, -0.05) is 36.0 Å². The van der Waals surface area contributed by atoms with Crippen LogP contribution in [-0.2, 0) is 18.8 Å². The molecule has 0 amide bonds. The van der Waals surface area contributed by atoms with Crippen molar-refractivity contribution in [1.82, 2.24) is 4.90 Å². The van der Waals surface area contributed by atoms with E-state index in [-0.39, 0.29) is 30.2 Å². The monoisotopic (exact) mass is 568 g/mol. The third-order valence-electron chi connectivity index (χ3n) is 7.95. The van der Waals surface area contributed by atoms with Crippen molar-refractivity contribution in [2.45, 2.75) is 104 Å². The van der Waals surface area contributed by atoms with Crippen molar-refractivity contribution >= 4 is 42.0 Å². The normalized spacial score (nSPS) is 20.6. The Morgan fingerprint density at radius 1 is 0.974 bits per heavy atom. The number of carbonyl (C=O) groups excluding carboxylic acids is 1. The Morgan fingerprint density at radius 3 is 2.16 bits per heavy atom. The number of hydrogen-bond donors (Lipinski definition) is 0. The van der Waals surface area contributed by atoms with Crippen LogP contribution < -0.4 is 4.90 Å². The fourth-order valence-electron chi connectivity index (χ4n) is 5.02. The van der Waals surface area contributed by atoms with E-state index in [2.05, 4.69) is 37.5 Å². The minimum Gasteiger partial charge on any atom is -0.460 e. The Hall–Kier alpha value is -0.985. The van der Waals surface area contributed by atoms with E-state index in [1.54, 1.807) is 0 Å². The van der Waals surface area contributed by atoms with Gasteiger partial charge < -0.3 is 18.9 Å². The SMILES string of the molecule is CC(C)(C)OC(=O)C(CCCCB1OC(C)(C)C(C)(C)O1)CCCN1CCN(c2ccc(Cl)c(Cl)c2)CC1. The molecule has 2 saturated heterocycles. The van der Waals surface area contributed by atoms with Gasteiger partial charge in [0.25, 0.3) is 0 Å². The number of nitrogens with zero attached hydrogens (tertiary/aromatic N) is 2. The van der Waals surface area contributed by atoms with E-state index < -0.39 is 5.60 Å². The van der Waals surface area contributed by atoms with Crippen LogP contribution in [0.5, 0.6) is 0 Å². The van der Waals surface area contributed by atoms with E-state index in [1.165, 1.54) is 0 Å². The predicted octanol–water partition coefficient (Wildman–Crippen LogP) is 7.12. The second-order valence-electron chi connectivity index (χ2n) is 12.8. The topological polar surface area (TPSA) is 51.2 Å². The van der Waals surface area contributed by atoms with Gasteiger partial charge >= 0.3 is 13.1 Å². The molecule has 0 bridgehead atoms. The molecule has 0 spiro atoms. The quantitative estimate of drug-likeness (QED) is 0.161. The summed E-state index contributed by atoms with van der Waals surface area (Å²) in [6.45, 7) is 19.0. The highest BCUT2D eigenvalue weighted by molar-refractivity contribution is 6.45. The van der Waals surface area contributed by atoms with Crippen LogP contribution >= 0.6 is 23.2 Å². The molecule has 3 rings (SSSR count). The highest BCUT2D eigenvalue weighted by atomic mass is 35.5. The van der Waals surface area contributed by atoms with Gasteiger partial charge in [0.1, 0.15) is 5.60 Å². The third-order valence-corrected chi connectivity index (χ3v) is 8.69. The average Bonchev–Trinajstić information content (AvgIpc) is 3.02. The van der Waals surface area contributed by atoms with E-state index in [1.807, 2.05) is 39.0 Å². The van der Waals surface area contributed by atoms with Crippen molar-refractivity contribution in [1.29, 1.82) is 0 Å². The number of hydrogen-bond acceptors (Lipinski definition) is 6. The second-order valence-corrected chi connectivity index (χ2v) is 13.6. The second kappa shape index (κ2) is 13.1. The molecule has 6 nitrogen and oxygen atoms in total. The molecule has 2 fully saturated rings. The standard InChI is InChI=1S/C29H47BCl2N2O4/c1-27(2,3)36-26(35)22(11-8-9-15-30-37-28(4,5)29(6,7)38-30)12-10-16-33-17-19-34(20-18-33)23-13-14-24(31)25(32)21-23/h13-14,21-22H,8-12,15-20H2,1-7H3. The lowest BCUT2D eigenvalue weighted by atomic mass is 9.81. The number of carbonyl (C=O) groups is 1. The minimum atomic E-state index is -0.473. The van der Waals surface area contributed by atoms with Gasteiger partial charge in [-0.15, -0.1) is 0 Å². The molecule has 0 radical (unpaired) electrons.